The first-order valence-electron chi connectivity index (χ1n) is 8.57. The van der Waals surface area contributed by atoms with Gasteiger partial charge in [-0.2, -0.15) is 0 Å². The molecule has 0 unspecified atom stereocenters. The van der Waals surface area contributed by atoms with Gasteiger partial charge >= 0.3 is 6.03 Å². The van der Waals surface area contributed by atoms with Gasteiger partial charge in [0, 0.05) is 39.8 Å². The summed E-state index contributed by atoms with van der Waals surface area (Å²) >= 11 is 0. The third kappa shape index (κ3) is 4.09. The fraction of sp³-hybridized carbons (Fsp3) is 0.588. The summed E-state index contributed by atoms with van der Waals surface area (Å²) in [4.78, 5) is 17.6. The van der Waals surface area contributed by atoms with Crippen LogP contribution in [0.3, 0.4) is 0 Å². The van der Waals surface area contributed by atoms with Crippen LogP contribution in [0, 0.1) is 5.82 Å². The van der Waals surface area contributed by atoms with Crippen molar-refractivity contribution < 1.29 is 22.3 Å². The van der Waals surface area contributed by atoms with Crippen LogP contribution in [-0.4, -0.2) is 93.1 Å². The molecule has 144 valence electrons. The number of hydrogen-bond donors (Lipinski definition) is 0. The molecule has 9 heteroatoms. The molecule has 2 aliphatic rings. The molecule has 0 aliphatic carbocycles. The Kier molecular flexibility index (Phi) is 5.38. The molecule has 1 aromatic rings. The Morgan fingerprint density at radius 1 is 1.19 bits per heavy atom. The van der Waals surface area contributed by atoms with E-state index >= 15 is 0 Å². The number of nitrogens with zero attached hydrogens (tertiary/aromatic N) is 3. The standard InChI is InChI=1S/C17H24FN3O4S/c1-19(2)17(22)21-8-7-20(15-11-26(23,24)12-16(15)21)9-10-25-14-5-3-13(18)4-6-14/h3-6,15-16H,7-12H2,1-2H3/t15-,16+/m1/s1. The predicted octanol–water partition coefficient (Wildman–Crippen LogP) is 0.669. The molecule has 2 atom stereocenters. The lowest BCUT2D eigenvalue weighted by Gasteiger charge is -2.44. The van der Waals surface area contributed by atoms with Crippen molar-refractivity contribution in [1.29, 1.82) is 0 Å². The Balaban J connectivity index is 1.64. The summed E-state index contributed by atoms with van der Waals surface area (Å²) in [5, 5.41) is 0. The van der Waals surface area contributed by atoms with E-state index in [1.807, 2.05) is 0 Å². The van der Waals surface area contributed by atoms with Gasteiger partial charge in [0.05, 0.1) is 17.5 Å². The minimum Gasteiger partial charge on any atom is -0.492 e. The van der Waals surface area contributed by atoms with Crippen LogP contribution in [0.25, 0.3) is 0 Å². The summed E-state index contributed by atoms with van der Waals surface area (Å²) in [6.07, 6.45) is 0. The number of rotatable bonds is 4. The molecule has 0 radical (unpaired) electrons. The first-order chi connectivity index (χ1) is 12.3. The van der Waals surface area contributed by atoms with E-state index in [-0.39, 0.29) is 35.4 Å². The van der Waals surface area contributed by atoms with Gasteiger partial charge in [0.2, 0.25) is 0 Å². The van der Waals surface area contributed by atoms with Gasteiger partial charge in [-0.1, -0.05) is 0 Å². The van der Waals surface area contributed by atoms with E-state index in [0.717, 1.165) is 0 Å². The van der Waals surface area contributed by atoms with E-state index < -0.39 is 9.84 Å². The van der Waals surface area contributed by atoms with Crippen LogP contribution in [0.2, 0.25) is 0 Å². The second kappa shape index (κ2) is 7.40. The second-order valence-electron chi connectivity index (χ2n) is 6.92. The number of ether oxygens (including phenoxy) is 1. The van der Waals surface area contributed by atoms with Crippen molar-refractivity contribution in [1.82, 2.24) is 14.7 Å². The van der Waals surface area contributed by atoms with Crippen molar-refractivity contribution in [3.8, 4) is 5.75 Å². The highest BCUT2D eigenvalue weighted by atomic mass is 32.2. The monoisotopic (exact) mass is 385 g/mol. The number of halogens is 1. The molecule has 0 spiro atoms. The van der Waals surface area contributed by atoms with Crippen LogP contribution in [0.5, 0.6) is 5.75 Å². The van der Waals surface area contributed by atoms with E-state index in [2.05, 4.69) is 4.90 Å². The van der Waals surface area contributed by atoms with Crippen LogP contribution in [0.15, 0.2) is 24.3 Å². The zero-order valence-corrected chi connectivity index (χ0v) is 15.8. The molecule has 2 fully saturated rings. The lowest BCUT2D eigenvalue weighted by molar-refractivity contribution is 0.0488. The van der Waals surface area contributed by atoms with Crippen molar-refractivity contribution in [3.63, 3.8) is 0 Å². The summed E-state index contributed by atoms with van der Waals surface area (Å²) < 4.78 is 42.9. The SMILES string of the molecule is CN(C)C(=O)N1CCN(CCOc2ccc(F)cc2)[C@@H]2CS(=O)(=O)C[C@@H]21. The average Bonchev–Trinajstić information content (AvgIpc) is 2.91. The third-order valence-corrected chi connectivity index (χ3v) is 6.58. The topological polar surface area (TPSA) is 70.2 Å². The Bertz CT molecular complexity index is 754. The summed E-state index contributed by atoms with van der Waals surface area (Å²) in [7, 11) is 0.168. The number of hydrogen-bond acceptors (Lipinski definition) is 5. The van der Waals surface area contributed by atoms with Crippen LogP contribution < -0.4 is 4.74 Å². The molecular formula is C17H24FN3O4S. The highest BCUT2D eigenvalue weighted by Gasteiger charge is 2.48. The van der Waals surface area contributed by atoms with Gasteiger partial charge in [-0.3, -0.25) is 4.90 Å². The molecule has 3 rings (SSSR count). The average molecular weight is 385 g/mol. The van der Waals surface area contributed by atoms with Gasteiger partial charge in [-0.05, 0) is 24.3 Å². The van der Waals surface area contributed by atoms with Crippen molar-refractivity contribution in [2.24, 2.45) is 0 Å². The molecule has 0 saturated carbocycles. The van der Waals surface area contributed by atoms with Crippen LogP contribution in [-0.2, 0) is 9.84 Å². The van der Waals surface area contributed by atoms with Crippen molar-refractivity contribution in [3.05, 3.63) is 30.1 Å². The molecule has 2 heterocycles. The quantitative estimate of drug-likeness (QED) is 0.762. The van der Waals surface area contributed by atoms with E-state index in [9.17, 15) is 17.6 Å². The highest BCUT2D eigenvalue weighted by molar-refractivity contribution is 7.91. The number of carbonyl (C=O) groups excluding carboxylic acids is 1. The molecule has 0 N–H and O–H groups in total. The van der Waals surface area contributed by atoms with Crippen LogP contribution in [0.4, 0.5) is 9.18 Å². The maximum absolute atomic E-state index is 12.9. The van der Waals surface area contributed by atoms with Crippen molar-refractivity contribution in [2.45, 2.75) is 12.1 Å². The highest BCUT2D eigenvalue weighted by Crippen LogP contribution is 2.27. The third-order valence-electron chi connectivity index (χ3n) is 4.88. The first kappa shape index (κ1) is 18.9. The minimum atomic E-state index is -3.17. The summed E-state index contributed by atoms with van der Waals surface area (Å²) in [5.74, 6) is 0.319. The smallest absolute Gasteiger partial charge is 0.319 e. The van der Waals surface area contributed by atoms with Crippen LogP contribution >= 0.6 is 0 Å². The number of fused-ring (bicyclic) bond motifs is 1. The Hall–Kier alpha value is -1.87. The maximum atomic E-state index is 12.9. The first-order valence-corrected chi connectivity index (χ1v) is 10.4. The number of amides is 2. The summed E-state index contributed by atoms with van der Waals surface area (Å²) in [6.45, 7) is 2.02. The van der Waals surface area contributed by atoms with Crippen molar-refractivity contribution in [2.75, 3.05) is 51.8 Å². The lowest BCUT2D eigenvalue weighted by atomic mass is 10.1. The molecule has 2 aliphatic heterocycles. The van der Waals surface area contributed by atoms with E-state index in [1.165, 1.54) is 17.0 Å². The number of urea groups is 1. The van der Waals surface area contributed by atoms with Gasteiger partial charge < -0.3 is 14.5 Å². The molecule has 1 aromatic carbocycles. The van der Waals surface area contributed by atoms with E-state index in [1.54, 1.807) is 31.1 Å². The lowest BCUT2D eigenvalue weighted by Crippen LogP contribution is -2.62. The normalized spacial score (nSPS) is 25.0. The zero-order valence-electron chi connectivity index (χ0n) is 15.0. The molecule has 2 amide bonds. The number of piperazine rings is 1. The van der Waals surface area contributed by atoms with Crippen molar-refractivity contribution >= 4 is 15.9 Å². The van der Waals surface area contributed by atoms with Gasteiger partial charge in [-0.15, -0.1) is 0 Å². The Labute approximate surface area is 153 Å². The zero-order chi connectivity index (χ0) is 18.9. The molecule has 26 heavy (non-hydrogen) atoms. The minimum absolute atomic E-state index is 0.00651. The molecular weight excluding hydrogens is 361 g/mol. The number of benzene rings is 1. The Morgan fingerprint density at radius 3 is 2.50 bits per heavy atom. The Morgan fingerprint density at radius 2 is 1.85 bits per heavy atom. The summed E-state index contributed by atoms with van der Waals surface area (Å²) in [6, 6.07) is 5.10. The fourth-order valence-electron chi connectivity index (χ4n) is 3.61. The van der Waals surface area contributed by atoms with E-state index in [0.29, 0.717) is 32.0 Å². The van der Waals surface area contributed by atoms with Gasteiger partial charge in [0.15, 0.2) is 9.84 Å². The molecule has 0 aromatic heterocycles. The maximum Gasteiger partial charge on any atom is 0.319 e. The number of sulfone groups is 1. The van der Waals surface area contributed by atoms with Crippen LogP contribution in [0.1, 0.15) is 0 Å². The van der Waals surface area contributed by atoms with Gasteiger partial charge in [-0.25, -0.2) is 17.6 Å². The molecule has 7 nitrogen and oxygen atoms in total. The summed E-state index contributed by atoms with van der Waals surface area (Å²) in [5.41, 5.74) is 0. The number of carbonyl (C=O) groups is 1. The van der Waals surface area contributed by atoms with E-state index in [4.69, 9.17) is 4.74 Å². The largest absolute Gasteiger partial charge is 0.492 e. The predicted molar refractivity (Wildman–Crippen MR) is 95.5 cm³/mol. The molecule has 2 saturated heterocycles. The van der Waals surface area contributed by atoms with Gasteiger partial charge in [0.25, 0.3) is 0 Å². The fourth-order valence-corrected chi connectivity index (χ4v) is 5.62. The molecule has 0 bridgehead atoms. The van der Waals surface area contributed by atoms with Gasteiger partial charge in [0.1, 0.15) is 18.2 Å². The second-order valence-corrected chi connectivity index (χ2v) is 9.07.